The molecule has 0 fully saturated rings. The Hall–Kier alpha value is -1.83. The van der Waals surface area contributed by atoms with E-state index in [4.69, 9.17) is 0 Å². The van der Waals surface area contributed by atoms with Gasteiger partial charge in [-0.3, -0.25) is 4.79 Å². The van der Waals surface area contributed by atoms with Crippen molar-refractivity contribution in [3.8, 4) is 0 Å². The largest absolute Gasteiger partial charge is 0.361 e. The molecule has 0 saturated carbocycles. The van der Waals surface area contributed by atoms with Crippen LogP contribution in [-0.4, -0.2) is 10.8 Å². The third-order valence-electron chi connectivity index (χ3n) is 3.58. The molecule has 2 aromatic rings. The van der Waals surface area contributed by atoms with Gasteiger partial charge in [0.15, 0.2) is 0 Å². The quantitative estimate of drug-likeness (QED) is 0.581. The molecule has 1 aromatic carbocycles. The fourth-order valence-electron chi connectivity index (χ4n) is 2.41. The van der Waals surface area contributed by atoms with Gasteiger partial charge in [-0.2, -0.15) is 0 Å². The summed E-state index contributed by atoms with van der Waals surface area (Å²) in [6, 6.07) is 8.23. The first kappa shape index (κ1) is 13.6. The topological polar surface area (TPSA) is 32.9 Å². The van der Waals surface area contributed by atoms with E-state index in [1.165, 1.54) is 10.9 Å². The van der Waals surface area contributed by atoms with Crippen LogP contribution in [0.1, 0.15) is 31.7 Å². The third-order valence-corrected chi connectivity index (χ3v) is 3.58. The Labute approximate surface area is 114 Å². The Morgan fingerprint density at radius 1 is 1.42 bits per heavy atom. The van der Waals surface area contributed by atoms with Gasteiger partial charge in [0.1, 0.15) is 5.78 Å². The third kappa shape index (κ3) is 3.34. The van der Waals surface area contributed by atoms with Crippen molar-refractivity contribution in [3.63, 3.8) is 0 Å². The van der Waals surface area contributed by atoms with E-state index in [-0.39, 0.29) is 5.92 Å². The fourth-order valence-corrected chi connectivity index (χ4v) is 2.41. The van der Waals surface area contributed by atoms with Crippen LogP contribution in [0.3, 0.4) is 0 Å². The van der Waals surface area contributed by atoms with E-state index >= 15 is 0 Å². The van der Waals surface area contributed by atoms with E-state index in [1.807, 2.05) is 31.3 Å². The molecule has 2 rings (SSSR count). The Balaban J connectivity index is 2.00. The van der Waals surface area contributed by atoms with Gasteiger partial charge in [0.25, 0.3) is 0 Å². The number of allylic oxidation sites excluding steroid dienone is 1. The average Bonchev–Trinajstić information content (AvgIpc) is 2.82. The molecular weight excluding hydrogens is 234 g/mol. The molecule has 0 unspecified atom stereocenters. The molecule has 0 amide bonds. The maximum Gasteiger partial charge on any atom is 0.136 e. The number of H-pyrrole nitrogens is 1. The van der Waals surface area contributed by atoms with Crippen LogP contribution in [0.4, 0.5) is 0 Å². The Morgan fingerprint density at radius 2 is 2.21 bits per heavy atom. The van der Waals surface area contributed by atoms with Gasteiger partial charge in [-0.05, 0) is 30.9 Å². The fraction of sp³-hybridized carbons (Fsp3) is 0.353. The molecule has 1 heterocycles. The number of aromatic amines is 1. The molecule has 0 radical (unpaired) electrons. The normalized spacial score (nSPS) is 12.5. The molecule has 0 spiro atoms. The van der Waals surface area contributed by atoms with Crippen LogP contribution in [0, 0.1) is 5.92 Å². The first-order valence-corrected chi connectivity index (χ1v) is 6.91. The van der Waals surface area contributed by atoms with Crippen LogP contribution in [0.2, 0.25) is 0 Å². The van der Waals surface area contributed by atoms with Gasteiger partial charge in [-0.1, -0.05) is 31.2 Å². The van der Waals surface area contributed by atoms with Gasteiger partial charge in [0.2, 0.25) is 0 Å². The van der Waals surface area contributed by atoms with E-state index in [2.05, 4.69) is 23.7 Å². The van der Waals surface area contributed by atoms with E-state index in [0.29, 0.717) is 12.2 Å². The Morgan fingerprint density at radius 3 is 3.00 bits per heavy atom. The molecule has 19 heavy (non-hydrogen) atoms. The maximum absolute atomic E-state index is 12.0. The minimum Gasteiger partial charge on any atom is -0.361 e. The molecule has 0 aliphatic rings. The van der Waals surface area contributed by atoms with Crippen LogP contribution in [0.25, 0.3) is 10.9 Å². The lowest BCUT2D eigenvalue weighted by Gasteiger charge is -2.09. The van der Waals surface area contributed by atoms with Crippen molar-refractivity contribution in [2.24, 2.45) is 5.92 Å². The number of carbonyl (C=O) groups is 1. The Kier molecular flexibility index (Phi) is 4.56. The van der Waals surface area contributed by atoms with Crippen molar-refractivity contribution in [2.45, 2.75) is 32.6 Å². The first-order valence-electron chi connectivity index (χ1n) is 6.91. The molecule has 0 bridgehead atoms. The van der Waals surface area contributed by atoms with Crippen molar-refractivity contribution in [3.05, 3.63) is 48.7 Å². The number of nitrogens with one attached hydrogen (secondary N) is 1. The molecule has 1 N–H and O–H groups in total. The highest BCUT2D eigenvalue weighted by atomic mass is 16.1. The highest BCUT2D eigenvalue weighted by Gasteiger charge is 2.14. The second-order valence-corrected chi connectivity index (χ2v) is 5.11. The summed E-state index contributed by atoms with van der Waals surface area (Å²) in [6.07, 6.45) is 7.22. The standard InChI is InChI=1S/C17H21NO/c1-3-4-5-10-17(19)13(2)11-14-12-18-16-9-7-6-8-15(14)16/h3,6-9,12-13,18H,1,4-5,10-11H2,2H3/t13-/m0/s1. The summed E-state index contributed by atoms with van der Waals surface area (Å²) in [5.41, 5.74) is 2.38. The molecule has 0 saturated heterocycles. The number of hydrogen-bond acceptors (Lipinski definition) is 1. The predicted molar refractivity (Wildman–Crippen MR) is 80.2 cm³/mol. The highest BCUT2D eigenvalue weighted by Crippen LogP contribution is 2.21. The number of fused-ring (bicyclic) bond motifs is 1. The second-order valence-electron chi connectivity index (χ2n) is 5.11. The van der Waals surface area contributed by atoms with Gasteiger partial charge in [0.05, 0.1) is 0 Å². The number of hydrogen-bond donors (Lipinski definition) is 1. The summed E-state index contributed by atoms with van der Waals surface area (Å²) in [5.74, 6) is 0.441. The molecular formula is C17H21NO. The van der Waals surface area contributed by atoms with Crippen LogP contribution in [0.15, 0.2) is 43.1 Å². The molecule has 2 heteroatoms. The van der Waals surface area contributed by atoms with Crippen molar-refractivity contribution in [1.29, 1.82) is 0 Å². The molecule has 0 aliphatic carbocycles. The molecule has 0 aliphatic heterocycles. The monoisotopic (exact) mass is 255 g/mol. The summed E-state index contributed by atoms with van der Waals surface area (Å²) < 4.78 is 0. The number of carbonyl (C=O) groups excluding carboxylic acids is 1. The van der Waals surface area contributed by atoms with Gasteiger partial charge >= 0.3 is 0 Å². The summed E-state index contributed by atoms with van der Waals surface area (Å²) in [4.78, 5) is 15.3. The maximum atomic E-state index is 12.0. The zero-order chi connectivity index (χ0) is 13.7. The lowest BCUT2D eigenvalue weighted by Crippen LogP contribution is -2.13. The highest BCUT2D eigenvalue weighted by molar-refractivity contribution is 5.85. The van der Waals surface area contributed by atoms with Crippen molar-refractivity contribution < 1.29 is 4.79 Å². The SMILES string of the molecule is C=CCCCC(=O)[C@@H](C)Cc1c[nH]c2ccccc12. The van der Waals surface area contributed by atoms with Crippen LogP contribution >= 0.6 is 0 Å². The second kappa shape index (κ2) is 6.37. The first-order chi connectivity index (χ1) is 9.22. The number of aromatic nitrogens is 1. The number of Topliss-reactive ketones (excluding diaryl/α,β-unsaturated/α-hetero) is 1. The van der Waals surface area contributed by atoms with E-state index in [0.717, 1.165) is 24.8 Å². The van der Waals surface area contributed by atoms with Crippen LogP contribution in [-0.2, 0) is 11.2 Å². The van der Waals surface area contributed by atoms with Gasteiger partial charge in [0, 0.05) is 29.4 Å². The molecule has 100 valence electrons. The van der Waals surface area contributed by atoms with E-state index in [9.17, 15) is 4.79 Å². The van der Waals surface area contributed by atoms with Crippen molar-refractivity contribution in [2.75, 3.05) is 0 Å². The minimum absolute atomic E-state index is 0.0871. The van der Waals surface area contributed by atoms with Gasteiger partial charge in [-0.15, -0.1) is 6.58 Å². The summed E-state index contributed by atoms with van der Waals surface area (Å²) in [6.45, 7) is 5.71. The summed E-state index contributed by atoms with van der Waals surface area (Å²) >= 11 is 0. The number of benzene rings is 1. The van der Waals surface area contributed by atoms with Crippen LogP contribution < -0.4 is 0 Å². The Bertz CT molecular complexity index is 567. The van der Waals surface area contributed by atoms with Gasteiger partial charge < -0.3 is 4.98 Å². The van der Waals surface area contributed by atoms with Crippen LogP contribution in [0.5, 0.6) is 0 Å². The lowest BCUT2D eigenvalue weighted by atomic mass is 9.94. The number of unbranched alkanes of at least 4 members (excludes halogenated alkanes) is 1. The van der Waals surface area contributed by atoms with Crippen molar-refractivity contribution in [1.82, 2.24) is 4.98 Å². The lowest BCUT2D eigenvalue weighted by molar-refractivity contribution is -0.122. The zero-order valence-corrected chi connectivity index (χ0v) is 11.5. The minimum atomic E-state index is 0.0871. The molecule has 1 atom stereocenters. The van der Waals surface area contributed by atoms with E-state index < -0.39 is 0 Å². The summed E-state index contributed by atoms with van der Waals surface area (Å²) in [5, 5.41) is 1.23. The number of para-hydroxylation sites is 1. The molecule has 2 nitrogen and oxygen atoms in total. The zero-order valence-electron chi connectivity index (χ0n) is 11.5. The molecule has 1 aromatic heterocycles. The summed E-state index contributed by atoms with van der Waals surface area (Å²) in [7, 11) is 0. The number of ketones is 1. The predicted octanol–water partition coefficient (Wildman–Crippen LogP) is 4.27. The van der Waals surface area contributed by atoms with Crippen molar-refractivity contribution >= 4 is 16.7 Å². The smallest absolute Gasteiger partial charge is 0.136 e. The number of rotatable bonds is 7. The van der Waals surface area contributed by atoms with E-state index in [1.54, 1.807) is 0 Å². The van der Waals surface area contributed by atoms with Gasteiger partial charge in [-0.25, -0.2) is 0 Å². The average molecular weight is 255 g/mol.